The van der Waals surface area contributed by atoms with E-state index in [2.05, 4.69) is 33.2 Å². The van der Waals surface area contributed by atoms with Crippen LogP contribution in [0, 0.1) is 23.2 Å². The molecule has 206 valence electrons. The van der Waals surface area contributed by atoms with E-state index >= 15 is 0 Å². The summed E-state index contributed by atoms with van der Waals surface area (Å²) < 4.78 is 47.1. The topological polar surface area (TPSA) is 94.4 Å². The maximum absolute atomic E-state index is 13.8. The molecule has 3 heterocycles. The van der Waals surface area contributed by atoms with E-state index in [4.69, 9.17) is 10.00 Å². The molecule has 2 saturated heterocycles. The van der Waals surface area contributed by atoms with Gasteiger partial charge in [0, 0.05) is 32.2 Å². The standard InChI is InChI=1S/C28H31F3N6O2/c1-2-3-17-39-22-11-15-36(16-12-22)24-18-25(35-27(34-24)28(29,30)31)37-14-4-5-23(37)26(38)33-13-10-20-6-8-21(19-32)9-7-20/h6-9,18,22-23H,4-5,10-17H2,1H3,(H,33,38)/t23-/m0/s1. The molecule has 1 aromatic carbocycles. The third-order valence-electron chi connectivity index (χ3n) is 6.93. The van der Waals surface area contributed by atoms with E-state index in [0.717, 1.165) is 5.56 Å². The number of hydrogen-bond acceptors (Lipinski definition) is 7. The molecule has 2 aliphatic rings. The molecule has 1 N–H and O–H groups in total. The van der Waals surface area contributed by atoms with Crippen LogP contribution in [0.5, 0.6) is 0 Å². The molecule has 4 rings (SSSR count). The molecular formula is C28H31F3N6O2. The summed E-state index contributed by atoms with van der Waals surface area (Å²) in [5.74, 6) is 4.48. The fraction of sp³-hybridized carbons (Fsp3) is 0.500. The number of alkyl halides is 3. The van der Waals surface area contributed by atoms with Crippen LogP contribution in [0.1, 0.15) is 49.6 Å². The Labute approximate surface area is 226 Å². The van der Waals surface area contributed by atoms with Gasteiger partial charge in [0.15, 0.2) is 0 Å². The quantitative estimate of drug-likeness (QED) is 0.511. The largest absolute Gasteiger partial charge is 0.451 e. The fourth-order valence-corrected chi connectivity index (χ4v) is 4.85. The molecule has 0 unspecified atom stereocenters. The molecule has 2 aliphatic heterocycles. The van der Waals surface area contributed by atoms with Crippen LogP contribution in [0.4, 0.5) is 24.8 Å². The van der Waals surface area contributed by atoms with Crippen LogP contribution in [0.25, 0.3) is 0 Å². The molecule has 2 aromatic rings. The number of piperidine rings is 1. The van der Waals surface area contributed by atoms with Crippen molar-refractivity contribution in [1.82, 2.24) is 15.3 Å². The number of hydrogen-bond donors (Lipinski definition) is 1. The lowest BCUT2D eigenvalue weighted by molar-refractivity contribution is -0.144. The number of carbonyl (C=O) groups excluding carboxylic acids is 1. The Morgan fingerprint density at radius 3 is 2.51 bits per heavy atom. The third-order valence-corrected chi connectivity index (χ3v) is 6.93. The zero-order chi connectivity index (χ0) is 27.8. The van der Waals surface area contributed by atoms with Gasteiger partial charge in [-0.05, 0) is 56.7 Å². The van der Waals surface area contributed by atoms with E-state index in [0.29, 0.717) is 70.5 Å². The zero-order valence-electron chi connectivity index (χ0n) is 21.8. The number of anilines is 2. The van der Waals surface area contributed by atoms with E-state index < -0.39 is 18.0 Å². The number of aromatic nitrogens is 2. The van der Waals surface area contributed by atoms with Gasteiger partial charge in [0.05, 0.1) is 17.7 Å². The number of carbonyl (C=O) groups is 1. The molecular weight excluding hydrogens is 509 g/mol. The Bertz CT molecular complexity index is 1240. The van der Waals surface area contributed by atoms with Crippen molar-refractivity contribution >= 4 is 17.5 Å². The number of nitriles is 1. The number of nitrogens with zero attached hydrogens (tertiary/aromatic N) is 5. The second-order valence-corrected chi connectivity index (χ2v) is 9.53. The van der Waals surface area contributed by atoms with Gasteiger partial charge in [-0.3, -0.25) is 4.79 Å². The summed E-state index contributed by atoms with van der Waals surface area (Å²) in [6.07, 6.45) is -1.65. The van der Waals surface area contributed by atoms with Crippen LogP contribution in [-0.2, 0) is 22.1 Å². The normalized spacial score (nSPS) is 17.9. The average molecular weight is 541 g/mol. The molecule has 39 heavy (non-hydrogen) atoms. The summed E-state index contributed by atoms with van der Waals surface area (Å²) in [5, 5.41) is 11.8. The van der Waals surface area contributed by atoms with Crippen LogP contribution in [0.3, 0.4) is 0 Å². The van der Waals surface area contributed by atoms with E-state index in [1.54, 1.807) is 30.0 Å². The maximum Gasteiger partial charge on any atom is 0.451 e. The number of rotatable bonds is 8. The van der Waals surface area contributed by atoms with Crippen molar-refractivity contribution in [2.75, 3.05) is 42.6 Å². The first kappa shape index (κ1) is 28.2. The average Bonchev–Trinajstić information content (AvgIpc) is 3.44. The predicted octanol–water partition coefficient (Wildman–Crippen LogP) is 3.70. The first-order valence-electron chi connectivity index (χ1n) is 13.0. The molecule has 0 aliphatic carbocycles. The van der Waals surface area contributed by atoms with Gasteiger partial charge in [0.1, 0.15) is 24.3 Å². The number of benzene rings is 1. The first-order valence-corrected chi connectivity index (χ1v) is 13.0. The third kappa shape index (κ3) is 7.39. The minimum Gasteiger partial charge on any atom is -0.365 e. The molecule has 11 heteroatoms. The van der Waals surface area contributed by atoms with E-state index in [1.807, 2.05) is 17.0 Å². The Morgan fingerprint density at radius 2 is 1.85 bits per heavy atom. The van der Waals surface area contributed by atoms with Crippen molar-refractivity contribution in [1.29, 1.82) is 5.26 Å². The van der Waals surface area contributed by atoms with Crippen LogP contribution in [0.2, 0.25) is 0 Å². The van der Waals surface area contributed by atoms with Gasteiger partial charge in [-0.15, -0.1) is 5.92 Å². The summed E-state index contributed by atoms with van der Waals surface area (Å²) in [6.45, 7) is 3.87. The Morgan fingerprint density at radius 1 is 1.13 bits per heavy atom. The predicted molar refractivity (Wildman–Crippen MR) is 140 cm³/mol. The summed E-state index contributed by atoms with van der Waals surface area (Å²) in [7, 11) is 0. The van der Waals surface area contributed by atoms with Crippen molar-refractivity contribution in [3.05, 3.63) is 47.3 Å². The van der Waals surface area contributed by atoms with Gasteiger partial charge in [-0.25, -0.2) is 9.97 Å². The highest BCUT2D eigenvalue weighted by Crippen LogP contribution is 2.33. The highest BCUT2D eigenvalue weighted by atomic mass is 19.4. The Hall–Kier alpha value is -3.83. The van der Waals surface area contributed by atoms with Gasteiger partial charge in [-0.2, -0.15) is 18.4 Å². The van der Waals surface area contributed by atoms with Crippen molar-refractivity contribution in [3.8, 4) is 17.9 Å². The SMILES string of the molecule is CC#CCOC1CCN(c2cc(N3CCC[C@H]3C(=O)NCCc3ccc(C#N)cc3)nc(C(F)(F)F)n2)CC1. The van der Waals surface area contributed by atoms with Gasteiger partial charge in [0.2, 0.25) is 11.7 Å². The monoisotopic (exact) mass is 540 g/mol. The number of ether oxygens (including phenoxy) is 1. The fourth-order valence-electron chi connectivity index (χ4n) is 4.85. The molecule has 0 saturated carbocycles. The highest BCUT2D eigenvalue weighted by molar-refractivity contribution is 5.85. The molecule has 0 bridgehead atoms. The number of nitrogens with one attached hydrogen (secondary N) is 1. The molecule has 0 spiro atoms. The van der Waals surface area contributed by atoms with Gasteiger partial charge in [0.25, 0.3) is 0 Å². The number of amides is 1. The van der Waals surface area contributed by atoms with Crippen molar-refractivity contribution < 1.29 is 22.7 Å². The van der Waals surface area contributed by atoms with E-state index in [-0.39, 0.29) is 23.6 Å². The highest BCUT2D eigenvalue weighted by Gasteiger charge is 2.38. The lowest BCUT2D eigenvalue weighted by atomic mass is 10.1. The minimum absolute atomic E-state index is 0.00133. The van der Waals surface area contributed by atoms with E-state index in [9.17, 15) is 18.0 Å². The summed E-state index contributed by atoms with van der Waals surface area (Å²) in [4.78, 5) is 24.2. The molecule has 8 nitrogen and oxygen atoms in total. The van der Waals surface area contributed by atoms with Crippen LogP contribution < -0.4 is 15.1 Å². The molecule has 2 fully saturated rings. The van der Waals surface area contributed by atoms with Gasteiger partial charge >= 0.3 is 6.18 Å². The van der Waals surface area contributed by atoms with Crippen molar-refractivity contribution in [3.63, 3.8) is 0 Å². The van der Waals surface area contributed by atoms with Crippen molar-refractivity contribution in [2.45, 2.75) is 57.3 Å². The zero-order valence-corrected chi connectivity index (χ0v) is 21.8. The van der Waals surface area contributed by atoms with Crippen LogP contribution in [-0.4, -0.2) is 60.8 Å². The number of halogens is 3. The molecule has 1 amide bonds. The molecule has 0 radical (unpaired) electrons. The second-order valence-electron chi connectivity index (χ2n) is 9.53. The van der Waals surface area contributed by atoms with Crippen LogP contribution >= 0.6 is 0 Å². The smallest absolute Gasteiger partial charge is 0.365 e. The minimum atomic E-state index is -4.72. The van der Waals surface area contributed by atoms with E-state index in [1.165, 1.54) is 0 Å². The van der Waals surface area contributed by atoms with Crippen LogP contribution in [0.15, 0.2) is 30.3 Å². The summed E-state index contributed by atoms with van der Waals surface area (Å²) in [5.41, 5.74) is 1.53. The van der Waals surface area contributed by atoms with Crippen molar-refractivity contribution in [2.24, 2.45) is 0 Å². The second kappa shape index (κ2) is 12.8. The lowest BCUT2D eigenvalue weighted by Crippen LogP contribution is -2.44. The maximum atomic E-state index is 13.8. The van der Waals surface area contributed by atoms with Gasteiger partial charge < -0.3 is 19.9 Å². The Balaban J connectivity index is 1.44. The Kier molecular flexibility index (Phi) is 9.26. The summed E-state index contributed by atoms with van der Waals surface area (Å²) >= 11 is 0. The molecule has 1 atom stereocenters. The van der Waals surface area contributed by atoms with Gasteiger partial charge in [-0.1, -0.05) is 18.1 Å². The lowest BCUT2D eigenvalue weighted by Gasteiger charge is -2.33. The first-order chi connectivity index (χ1) is 18.8. The summed E-state index contributed by atoms with van der Waals surface area (Å²) in [6, 6.07) is 10.1. The molecule has 1 aromatic heterocycles.